The fourth-order valence-electron chi connectivity index (χ4n) is 3.89. The van der Waals surface area contributed by atoms with Gasteiger partial charge in [-0.15, -0.1) is 0 Å². The fourth-order valence-corrected chi connectivity index (χ4v) is 3.89. The first kappa shape index (κ1) is 30.3. The van der Waals surface area contributed by atoms with Gasteiger partial charge in [0.2, 0.25) is 23.6 Å². The average molecular weight is 532 g/mol. The van der Waals surface area contributed by atoms with Crippen molar-refractivity contribution in [3.63, 3.8) is 0 Å². The van der Waals surface area contributed by atoms with E-state index < -0.39 is 53.8 Å². The fraction of sp³-hybridized carbons (Fsp3) is 0.480. The normalized spacial score (nSPS) is 14.2. The Hall–Kier alpha value is -3.97. The number of aromatic nitrogens is 1. The molecule has 4 atom stereocenters. The lowest BCUT2D eigenvalue weighted by atomic mass is 10.0. The molecule has 0 aliphatic rings. The zero-order chi connectivity index (χ0) is 28.2. The van der Waals surface area contributed by atoms with E-state index in [-0.39, 0.29) is 25.7 Å². The maximum atomic E-state index is 13.0. The summed E-state index contributed by atoms with van der Waals surface area (Å²) in [5.74, 6) is -3.96. The molecule has 2 aromatic rings. The minimum atomic E-state index is -1.35. The smallest absolute Gasteiger partial charge is 0.326 e. The summed E-state index contributed by atoms with van der Waals surface area (Å²) in [4.78, 5) is 63.9. The van der Waals surface area contributed by atoms with Crippen molar-refractivity contribution in [2.45, 2.75) is 69.6 Å². The molecule has 38 heavy (non-hydrogen) atoms. The zero-order valence-corrected chi connectivity index (χ0v) is 21.4. The molecule has 0 saturated carbocycles. The topological polar surface area (TPSA) is 236 Å². The predicted octanol–water partition coefficient (Wildman–Crippen LogP) is -1.01. The number of carbonyl (C=O) groups excluding carboxylic acids is 4. The van der Waals surface area contributed by atoms with E-state index in [1.54, 1.807) is 6.20 Å². The van der Waals surface area contributed by atoms with Crippen LogP contribution in [0.1, 0.15) is 44.6 Å². The van der Waals surface area contributed by atoms with Crippen LogP contribution in [0.5, 0.6) is 0 Å². The standard InChI is InChI=1S/C25H37N7O6/c1-14(22(34)32-20(25(37)38)9-10-21(28)33)30-24(36)19(8-4-5-11-26)31-23(35)17(27)12-15-13-29-18-7-3-2-6-16(15)18/h2-3,6-7,13-14,17,19-20,29H,4-5,8-12,26-27H2,1H3,(H2,28,33)(H,30,36)(H,31,35)(H,32,34)(H,37,38). The first-order chi connectivity index (χ1) is 18.0. The molecule has 208 valence electrons. The van der Waals surface area contributed by atoms with Crippen LogP contribution in [0, 0.1) is 0 Å². The van der Waals surface area contributed by atoms with Crippen molar-refractivity contribution in [3.05, 3.63) is 36.0 Å². The Morgan fingerprint density at radius 3 is 2.29 bits per heavy atom. The zero-order valence-electron chi connectivity index (χ0n) is 21.4. The lowest BCUT2D eigenvalue weighted by molar-refractivity contribution is -0.142. The number of rotatable bonds is 16. The average Bonchev–Trinajstić information content (AvgIpc) is 3.27. The van der Waals surface area contributed by atoms with Gasteiger partial charge in [0.1, 0.15) is 18.1 Å². The number of benzene rings is 1. The lowest BCUT2D eigenvalue weighted by Gasteiger charge is -2.23. The van der Waals surface area contributed by atoms with E-state index in [9.17, 15) is 29.1 Å². The van der Waals surface area contributed by atoms with Crippen LogP contribution in [0.3, 0.4) is 0 Å². The third-order valence-corrected chi connectivity index (χ3v) is 6.08. The number of nitrogens with two attached hydrogens (primary N) is 3. The summed E-state index contributed by atoms with van der Waals surface area (Å²) in [7, 11) is 0. The number of carboxylic acids is 1. The van der Waals surface area contributed by atoms with E-state index in [2.05, 4.69) is 20.9 Å². The minimum Gasteiger partial charge on any atom is -0.480 e. The number of amides is 4. The van der Waals surface area contributed by atoms with Crippen molar-refractivity contribution in [1.29, 1.82) is 0 Å². The van der Waals surface area contributed by atoms with Crippen LogP contribution in [-0.4, -0.2) is 70.4 Å². The van der Waals surface area contributed by atoms with Gasteiger partial charge in [-0.25, -0.2) is 4.79 Å². The molecule has 4 unspecified atom stereocenters. The molecule has 2 rings (SSSR count). The van der Waals surface area contributed by atoms with E-state index in [0.717, 1.165) is 16.5 Å². The van der Waals surface area contributed by atoms with Gasteiger partial charge in [0, 0.05) is 23.5 Å². The van der Waals surface area contributed by atoms with Gasteiger partial charge in [0.25, 0.3) is 0 Å². The molecule has 0 aliphatic heterocycles. The van der Waals surface area contributed by atoms with Gasteiger partial charge >= 0.3 is 5.97 Å². The first-order valence-corrected chi connectivity index (χ1v) is 12.5. The van der Waals surface area contributed by atoms with Crippen LogP contribution >= 0.6 is 0 Å². The molecule has 13 nitrogen and oxygen atoms in total. The number of hydrogen-bond donors (Lipinski definition) is 8. The first-order valence-electron chi connectivity index (χ1n) is 12.5. The lowest BCUT2D eigenvalue weighted by Crippen LogP contribution is -2.56. The number of fused-ring (bicyclic) bond motifs is 1. The molecule has 0 fully saturated rings. The summed E-state index contributed by atoms with van der Waals surface area (Å²) in [5.41, 5.74) is 18.5. The highest BCUT2D eigenvalue weighted by Crippen LogP contribution is 2.18. The second-order valence-electron chi connectivity index (χ2n) is 9.15. The van der Waals surface area contributed by atoms with E-state index >= 15 is 0 Å². The molecule has 13 heteroatoms. The Bertz CT molecular complexity index is 1130. The number of unbranched alkanes of at least 4 members (excludes halogenated alkanes) is 1. The van der Waals surface area contributed by atoms with Gasteiger partial charge in [-0.05, 0) is 57.2 Å². The van der Waals surface area contributed by atoms with Gasteiger partial charge in [-0.1, -0.05) is 18.2 Å². The Kier molecular flexibility index (Phi) is 11.7. The molecular weight excluding hydrogens is 494 g/mol. The molecule has 4 amide bonds. The summed E-state index contributed by atoms with van der Waals surface area (Å²) in [5, 5.41) is 17.7. The van der Waals surface area contributed by atoms with Gasteiger partial charge in [0.15, 0.2) is 0 Å². The molecule has 0 bridgehead atoms. The maximum absolute atomic E-state index is 13.0. The van der Waals surface area contributed by atoms with E-state index in [0.29, 0.717) is 19.4 Å². The van der Waals surface area contributed by atoms with Gasteiger partial charge in [-0.2, -0.15) is 0 Å². The monoisotopic (exact) mass is 531 g/mol. The number of para-hydroxylation sites is 1. The molecule has 0 spiro atoms. The molecular formula is C25H37N7O6. The number of nitrogens with one attached hydrogen (secondary N) is 4. The number of H-pyrrole nitrogens is 1. The van der Waals surface area contributed by atoms with Crippen molar-refractivity contribution < 1.29 is 29.1 Å². The van der Waals surface area contributed by atoms with Crippen LogP contribution in [0.15, 0.2) is 30.5 Å². The summed E-state index contributed by atoms with van der Waals surface area (Å²) in [6, 6.07) is 3.23. The predicted molar refractivity (Wildman–Crippen MR) is 140 cm³/mol. The SMILES string of the molecule is CC(NC(=O)C(CCCCN)NC(=O)C(N)Cc1c[nH]c2ccccc12)C(=O)NC(CCC(N)=O)C(=O)O. The Morgan fingerprint density at radius 2 is 1.63 bits per heavy atom. The second-order valence-corrected chi connectivity index (χ2v) is 9.15. The highest BCUT2D eigenvalue weighted by Gasteiger charge is 2.28. The summed E-state index contributed by atoms with van der Waals surface area (Å²) in [6.07, 6.45) is 3.04. The molecule has 11 N–H and O–H groups in total. The van der Waals surface area contributed by atoms with Crippen LogP contribution in [-0.2, 0) is 30.4 Å². The number of primary amides is 1. The van der Waals surface area contributed by atoms with Gasteiger partial charge in [-0.3, -0.25) is 19.2 Å². The molecule has 0 radical (unpaired) electrons. The highest BCUT2D eigenvalue weighted by molar-refractivity contribution is 5.94. The van der Waals surface area contributed by atoms with E-state index in [4.69, 9.17) is 17.2 Å². The Labute approximate surface area is 220 Å². The molecule has 0 aliphatic carbocycles. The number of hydrogen-bond acceptors (Lipinski definition) is 7. The van der Waals surface area contributed by atoms with Crippen molar-refractivity contribution in [1.82, 2.24) is 20.9 Å². The maximum Gasteiger partial charge on any atom is 0.326 e. The largest absolute Gasteiger partial charge is 0.480 e. The number of carboxylic acid groups (broad SMARTS) is 1. The quantitative estimate of drug-likeness (QED) is 0.125. The molecule has 1 aromatic carbocycles. The molecule has 0 saturated heterocycles. The van der Waals surface area contributed by atoms with Crippen LogP contribution < -0.4 is 33.2 Å². The van der Waals surface area contributed by atoms with Gasteiger partial charge in [0.05, 0.1) is 6.04 Å². The molecule has 1 heterocycles. The number of carbonyl (C=O) groups is 5. The Balaban J connectivity index is 2.01. The highest BCUT2D eigenvalue weighted by atomic mass is 16.4. The van der Waals surface area contributed by atoms with Gasteiger partial charge < -0.3 is 43.2 Å². The van der Waals surface area contributed by atoms with Crippen molar-refractivity contribution in [2.24, 2.45) is 17.2 Å². The Morgan fingerprint density at radius 1 is 0.947 bits per heavy atom. The van der Waals surface area contributed by atoms with Crippen LogP contribution in [0.25, 0.3) is 10.9 Å². The van der Waals surface area contributed by atoms with Crippen LogP contribution in [0.2, 0.25) is 0 Å². The summed E-state index contributed by atoms with van der Waals surface area (Å²) >= 11 is 0. The summed E-state index contributed by atoms with van der Waals surface area (Å²) in [6.45, 7) is 1.78. The third-order valence-electron chi connectivity index (χ3n) is 6.08. The minimum absolute atomic E-state index is 0.191. The number of aromatic amines is 1. The van der Waals surface area contributed by atoms with E-state index in [1.165, 1.54) is 6.92 Å². The summed E-state index contributed by atoms with van der Waals surface area (Å²) < 4.78 is 0. The third kappa shape index (κ3) is 9.16. The van der Waals surface area contributed by atoms with E-state index in [1.807, 2.05) is 24.3 Å². The number of aliphatic carboxylic acids is 1. The van der Waals surface area contributed by atoms with Crippen molar-refractivity contribution in [3.8, 4) is 0 Å². The van der Waals surface area contributed by atoms with Crippen molar-refractivity contribution >= 4 is 40.5 Å². The second kappa shape index (κ2) is 14.7. The van der Waals surface area contributed by atoms with Crippen molar-refractivity contribution in [2.75, 3.05) is 6.54 Å². The molecule has 1 aromatic heterocycles. The van der Waals surface area contributed by atoms with Crippen LogP contribution in [0.4, 0.5) is 0 Å².